The molecule has 0 N–H and O–H groups in total. The third kappa shape index (κ3) is 1.85. The van der Waals surface area contributed by atoms with E-state index in [9.17, 15) is 4.39 Å². The van der Waals surface area contributed by atoms with Gasteiger partial charge in [-0.05, 0) is 23.8 Å². The maximum atomic E-state index is 13.0. The summed E-state index contributed by atoms with van der Waals surface area (Å²) in [7, 11) is 1.43. The summed E-state index contributed by atoms with van der Waals surface area (Å²) in [5.74, 6) is -0.136. The lowest BCUT2D eigenvalue weighted by molar-refractivity contribution is 0.386. The van der Waals surface area contributed by atoms with Gasteiger partial charge in [0.05, 0.1) is 7.11 Å². The molecular weight excluding hydrogens is 223 g/mol. The molecule has 0 aromatic heterocycles. The molecule has 0 atom stereocenters. The maximum Gasteiger partial charge on any atom is 0.165 e. The molecule has 1 aromatic rings. The van der Waals surface area contributed by atoms with Gasteiger partial charge in [-0.15, -0.1) is 0 Å². The summed E-state index contributed by atoms with van der Waals surface area (Å²) in [6.07, 6.45) is 0. The zero-order chi connectivity index (χ0) is 9.14. The van der Waals surface area contributed by atoms with Crippen LogP contribution in [0.1, 0.15) is 5.56 Å². The van der Waals surface area contributed by atoms with Gasteiger partial charge in [0.15, 0.2) is 11.6 Å². The summed E-state index contributed by atoms with van der Waals surface area (Å²) < 4.78 is 18.4. The lowest BCUT2D eigenvalue weighted by Gasteiger charge is -2.03. The number of hydrogen-bond donors (Lipinski definition) is 0. The molecule has 0 fully saturated rings. The Morgan fingerprint density at radius 1 is 1.58 bits per heavy atom. The van der Waals surface area contributed by atoms with E-state index in [0.717, 1.165) is 0 Å². The van der Waals surface area contributed by atoms with Gasteiger partial charge in [0.1, 0.15) is 0 Å². The molecule has 3 heteroatoms. The average Bonchev–Trinajstić information content (AvgIpc) is 2.04. The minimum atomic E-state index is -0.379. The Kier molecular flexibility index (Phi) is 2.87. The van der Waals surface area contributed by atoms with Crippen LogP contribution < -0.4 is 4.74 Å². The smallest absolute Gasteiger partial charge is 0.165 e. The number of hydrogen-bond acceptors (Lipinski definition) is 1. The Bertz CT molecular complexity index is 309. The van der Waals surface area contributed by atoms with Crippen LogP contribution in [0, 0.1) is 5.82 Å². The van der Waals surface area contributed by atoms with Crippen LogP contribution in [0.4, 0.5) is 4.39 Å². The van der Waals surface area contributed by atoms with Crippen LogP contribution in [0.3, 0.4) is 0 Å². The fourth-order valence-corrected chi connectivity index (χ4v) is 1.08. The molecule has 12 heavy (non-hydrogen) atoms. The highest BCUT2D eigenvalue weighted by atomic mass is 79.9. The first kappa shape index (κ1) is 9.26. The first-order chi connectivity index (χ1) is 5.65. The Hall–Kier alpha value is -0.830. The lowest BCUT2D eigenvalue weighted by atomic mass is 10.2. The molecule has 1 aromatic carbocycles. The zero-order valence-corrected chi connectivity index (χ0v) is 8.19. The van der Waals surface area contributed by atoms with Crippen molar-refractivity contribution >= 4 is 20.4 Å². The molecule has 64 valence electrons. The van der Waals surface area contributed by atoms with Gasteiger partial charge in [0.25, 0.3) is 0 Å². The fraction of sp³-hybridized carbons (Fsp3) is 0.111. The molecule has 0 unspecified atom stereocenters. The minimum absolute atomic E-state index is 0.243. The zero-order valence-electron chi connectivity index (χ0n) is 6.60. The second kappa shape index (κ2) is 3.72. The summed E-state index contributed by atoms with van der Waals surface area (Å²) in [6.45, 7) is 3.63. The Morgan fingerprint density at radius 2 is 2.25 bits per heavy atom. The van der Waals surface area contributed by atoms with Crippen LogP contribution in [0.25, 0.3) is 4.48 Å². The standard InChI is InChI=1S/C9H8BrFO/c1-6(10)7-3-4-9(12-2)8(11)5-7/h3-5H,1H2,2H3. The number of halogens is 2. The van der Waals surface area contributed by atoms with Crippen molar-refractivity contribution in [1.29, 1.82) is 0 Å². The van der Waals surface area contributed by atoms with E-state index >= 15 is 0 Å². The average molecular weight is 231 g/mol. The third-order valence-electron chi connectivity index (χ3n) is 1.47. The molecule has 0 aliphatic rings. The molecule has 0 bridgehead atoms. The van der Waals surface area contributed by atoms with E-state index in [-0.39, 0.29) is 11.6 Å². The van der Waals surface area contributed by atoms with Gasteiger partial charge in [-0.3, -0.25) is 0 Å². The van der Waals surface area contributed by atoms with Crippen molar-refractivity contribution in [3.05, 3.63) is 36.2 Å². The van der Waals surface area contributed by atoms with Gasteiger partial charge in [-0.25, -0.2) is 4.39 Å². The highest BCUT2D eigenvalue weighted by molar-refractivity contribution is 9.15. The van der Waals surface area contributed by atoms with Crippen molar-refractivity contribution in [3.63, 3.8) is 0 Å². The first-order valence-corrected chi connectivity index (χ1v) is 4.12. The topological polar surface area (TPSA) is 9.23 Å². The van der Waals surface area contributed by atoms with E-state index in [1.54, 1.807) is 12.1 Å². The summed E-state index contributed by atoms with van der Waals surface area (Å²) in [5, 5.41) is 0. The molecule has 1 nitrogen and oxygen atoms in total. The van der Waals surface area contributed by atoms with Crippen molar-refractivity contribution < 1.29 is 9.13 Å². The highest BCUT2D eigenvalue weighted by Crippen LogP contribution is 2.24. The highest BCUT2D eigenvalue weighted by Gasteiger charge is 2.03. The molecule has 0 saturated carbocycles. The molecule has 0 spiro atoms. The van der Waals surface area contributed by atoms with Crippen LogP contribution in [0.2, 0.25) is 0 Å². The predicted molar refractivity (Wildman–Crippen MR) is 50.9 cm³/mol. The SMILES string of the molecule is C=C(Br)c1ccc(OC)c(F)c1. The number of rotatable bonds is 2. The fourth-order valence-electron chi connectivity index (χ4n) is 0.835. The normalized spacial score (nSPS) is 9.58. The maximum absolute atomic E-state index is 13.0. The Labute approximate surface area is 79.0 Å². The molecule has 0 aliphatic carbocycles. The quantitative estimate of drug-likeness (QED) is 0.759. The second-order valence-corrected chi connectivity index (χ2v) is 3.21. The van der Waals surface area contributed by atoms with E-state index in [4.69, 9.17) is 4.74 Å². The van der Waals surface area contributed by atoms with Crippen LogP contribution in [0.15, 0.2) is 24.8 Å². The van der Waals surface area contributed by atoms with Crippen LogP contribution >= 0.6 is 15.9 Å². The molecule has 0 heterocycles. The van der Waals surface area contributed by atoms with Crippen molar-refractivity contribution in [2.75, 3.05) is 7.11 Å². The Balaban J connectivity index is 3.10. The second-order valence-electron chi connectivity index (χ2n) is 2.25. The van der Waals surface area contributed by atoms with Crippen molar-refractivity contribution in [1.82, 2.24) is 0 Å². The van der Waals surface area contributed by atoms with Crippen LogP contribution in [0.5, 0.6) is 5.75 Å². The summed E-state index contributed by atoms with van der Waals surface area (Å²) in [4.78, 5) is 0. The largest absolute Gasteiger partial charge is 0.494 e. The Morgan fingerprint density at radius 3 is 2.67 bits per heavy atom. The first-order valence-electron chi connectivity index (χ1n) is 3.33. The van der Waals surface area contributed by atoms with Crippen molar-refractivity contribution in [2.24, 2.45) is 0 Å². The van der Waals surface area contributed by atoms with E-state index in [2.05, 4.69) is 22.5 Å². The summed E-state index contributed by atoms with van der Waals surface area (Å²) in [6, 6.07) is 4.67. The molecule has 0 saturated heterocycles. The van der Waals surface area contributed by atoms with Crippen LogP contribution in [-0.2, 0) is 0 Å². The van der Waals surface area contributed by atoms with E-state index in [0.29, 0.717) is 10.0 Å². The molecular formula is C9H8BrFO. The lowest BCUT2D eigenvalue weighted by Crippen LogP contribution is -1.88. The van der Waals surface area contributed by atoms with Crippen molar-refractivity contribution in [3.8, 4) is 5.75 Å². The van der Waals surface area contributed by atoms with Gasteiger partial charge in [-0.2, -0.15) is 0 Å². The van der Waals surface area contributed by atoms with E-state index < -0.39 is 0 Å². The third-order valence-corrected chi connectivity index (χ3v) is 1.92. The monoisotopic (exact) mass is 230 g/mol. The molecule has 0 radical (unpaired) electrons. The number of methoxy groups -OCH3 is 1. The van der Waals surface area contributed by atoms with Crippen LogP contribution in [-0.4, -0.2) is 7.11 Å². The summed E-state index contributed by atoms with van der Waals surface area (Å²) in [5.41, 5.74) is 0.716. The van der Waals surface area contributed by atoms with Crippen molar-refractivity contribution in [2.45, 2.75) is 0 Å². The summed E-state index contributed by atoms with van der Waals surface area (Å²) >= 11 is 3.16. The molecule has 1 rings (SSSR count). The van der Waals surface area contributed by atoms with E-state index in [1.165, 1.54) is 13.2 Å². The minimum Gasteiger partial charge on any atom is -0.494 e. The predicted octanol–water partition coefficient (Wildman–Crippen LogP) is 3.20. The molecule has 0 amide bonds. The molecule has 0 aliphatic heterocycles. The van der Waals surface area contributed by atoms with E-state index in [1.807, 2.05) is 0 Å². The van der Waals surface area contributed by atoms with Gasteiger partial charge in [-0.1, -0.05) is 22.5 Å². The van der Waals surface area contributed by atoms with Gasteiger partial charge >= 0.3 is 0 Å². The van der Waals surface area contributed by atoms with Gasteiger partial charge < -0.3 is 4.74 Å². The van der Waals surface area contributed by atoms with Gasteiger partial charge in [0.2, 0.25) is 0 Å². The number of ether oxygens (including phenoxy) is 1. The van der Waals surface area contributed by atoms with Gasteiger partial charge in [0, 0.05) is 4.48 Å². The number of benzene rings is 1.